The van der Waals surface area contributed by atoms with E-state index in [9.17, 15) is 4.79 Å². The molecule has 0 unspecified atom stereocenters. The lowest BCUT2D eigenvalue weighted by atomic mass is 10.2. The van der Waals surface area contributed by atoms with Crippen LogP contribution in [0.1, 0.15) is 13.3 Å². The number of nitrogens with one attached hydrogen (secondary N) is 1. The fourth-order valence-corrected chi connectivity index (χ4v) is 1.82. The standard InChI is InChI=1S/C12H11BrN2O/c1-2-11(16)15-10-5-3-4-8-6-9(13)7-14-12(8)10/h3-7H,2H2,1H3,(H,15,16). The van der Waals surface area contributed by atoms with Gasteiger partial charge in [-0.05, 0) is 28.1 Å². The van der Waals surface area contributed by atoms with Crippen molar-refractivity contribution >= 4 is 38.4 Å². The quantitative estimate of drug-likeness (QED) is 0.916. The molecule has 1 aromatic heterocycles. The van der Waals surface area contributed by atoms with Crippen molar-refractivity contribution in [2.24, 2.45) is 0 Å². The van der Waals surface area contributed by atoms with Crippen LogP contribution in [0.15, 0.2) is 34.9 Å². The molecule has 0 aliphatic rings. The van der Waals surface area contributed by atoms with Gasteiger partial charge in [-0.15, -0.1) is 0 Å². The normalized spacial score (nSPS) is 10.4. The number of pyridine rings is 1. The predicted octanol–water partition coefficient (Wildman–Crippen LogP) is 3.35. The van der Waals surface area contributed by atoms with Gasteiger partial charge in [0.15, 0.2) is 0 Å². The van der Waals surface area contributed by atoms with Crippen LogP contribution >= 0.6 is 15.9 Å². The van der Waals surface area contributed by atoms with Crippen molar-refractivity contribution in [3.63, 3.8) is 0 Å². The number of aromatic nitrogens is 1. The molecule has 2 rings (SSSR count). The minimum atomic E-state index is -0.00258. The van der Waals surface area contributed by atoms with Gasteiger partial charge in [0.1, 0.15) is 0 Å². The number of amides is 1. The number of fused-ring (bicyclic) bond motifs is 1. The van der Waals surface area contributed by atoms with E-state index in [2.05, 4.69) is 26.2 Å². The molecule has 1 N–H and O–H groups in total. The second-order valence-electron chi connectivity index (χ2n) is 3.43. The summed E-state index contributed by atoms with van der Waals surface area (Å²) < 4.78 is 0.930. The van der Waals surface area contributed by atoms with Crippen LogP contribution in [-0.4, -0.2) is 10.9 Å². The number of benzene rings is 1. The Morgan fingerprint density at radius 1 is 1.50 bits per heavy atom. The van der Waals surface area contributed by atoms with Gasteiger partial charge in [0, 0.05) is 22.5 Å². The average Bonchev–Trinajstić information content (AvgIpc) is 2.28. The highest BCUT2D eigenvalue weighted by Crippen LogP contribution is 2.23. The van der Waals surface area contributed by atoms with Gasteiger partial charge < -0.3 is 5.32 Å². The maximum Gasteiger partial charge on any atom is 0.224 e. The summed E-state index contributed by atoms with van der Waals surface area (Å²) in [6.07, 6.45) is 2.19. The molecule has 0 atom stereocenters. The van der Waals surface area contributed by atoms with Gasteiger partial charge >= 0.3 is 0 Å². The fourth-order valence-electron chi connectivity index (χ4n) is 1.47. The first kappa shape index (κ1) is 11.1. The molecule has 3 nitrogen and oxygen atoms in total. The first-order chi connectivity index (χ1) is 7.70. The fraction of sp³-hybridized carbons (Fsp3) is 0.167. The third-order valence-electron chi connectivity index (χ3n) is 2.27. The second kappa shape index (κ2) is 4.61. The van der Waals surface area contributed by atoms with Crippen LogP contribution in [0.2, 0.25) is 0 Å². The number of carbonyl (C=O) groups excluding carboxylic acids is 1. The van der Waals surface area contributed by atoms with Crippen LogP contribution < -0.4 is 5.32 Å². The molecule has 0 spiro atoms. The number of para-hydroxylation sites is 1. The summed E-state index contributed by atoms with van der Waals surface area (Å²) in [5.74, 6) is -0.00258. The van der Waals surface area contributed by atoms with E-state index in [-0.39, 0.29) is 5.91 Å². The summed E-state index contributed by atoms with van der Waals surface area (Å²) in [5, 5.41) is 3.84. The number of hydrogen-bond donors (Lipinski definition) is 1. The molecule has 1 aromatic carbocycles. The summed E-state index contributed by atoms with van der Waals surface area (Å²) in [5.41, 5.74) is 1.57. The van der Waals surface area contributed by atoms with Gasteiger partial charge in [0.2, 0.25) is 5.91 Å². The number of anilines is 1. The first-order valence-electron chi connectivity index (χ1n) is 5.05. The molecular weight excluding hydrogens is 268 g/mol. The van der Waals surface area contributed by atoms with E-state index in [1.807, 2.05) is 31.2 Å². The van der Waals surface area contributed by atoms with Crippen LogP contribution in [-0.2, 0) is 4.79 Å². The minimum absolute atomic E-state index is 0.00258. The van der Waals surface area contributed by atoms with Gasteiger partial charge in [0.05, 0.1) is 11.2 Å². The Balaban J connectivity index is 2.49. The average molecular weight is 279 g/mol. The molecule has 0 aliphatic heterocycles. The topological polar surface area (TPSA) is 42.0 Å². The third kappa shape index (κ3) is 2.22. The Kier molecular flexibility index (Phi) is 3.19. The largest absolute Gasteiger partial charge is 0.324 e. The molecule has 0 bridgehead atoms. The Bertz CT molecular complexity index is 540. The highest BCUT2D eigenvalue weighted by Gasteiger charge is 2.05. The lowest BCUT2D eigenvalue weighted by Gasteiger charge is -2.06. The highest BCUT2D eigenvalue weighted by molar-refractivity contribution is 9.10. The lowest BCUT2D eigenvalue weighted by Crippen LogP contribution is -2.09. The van der Waals surface area contributed by atoms with Crippen LogP contribution in [0.5, 0.6) is 0 Å². The van der Waals surface area contributed by atoms with Crippen molar-refractivity contribution < 1.29 is 4.79 Å². The number of nitrogens with zero attached hydrogens (tertiary/aromatic N) is 1. The van der Waals surface area contributed by atoms with Gasteiger partial charge in [0.25, 0.3) is 0 Å². The molecule has 0 aliphatic carbocycles. The number of carbonyl (C=O) groups is 1. The van der Waals surface area contributed by atoms with E-state index in [4.69, 9.17) is 0 Å². The Morgan fingerprint density at radius 3 is 3.06 bits per heavy atom. The lowest BCUT2D eigenvalue weighted by molar-refractivity contribution is -0.115. The number of halogens is 1. The number of rotatable bonds is 2. The van der Waals surface area contributed by atoms with Crippen LogP contribution in [0, 0.1) is 0 Å². The van der Waals surface area contributed by atoms with Crippen molar-refractivity contribution in [2.45, 2.75) is 13.3 Å². The zero-order valence-electron chi connectivity index (χ0n) is 8.83. The van der Waals surface area contributed by atoms with Crippen LogP contribution in [0.3, 0.4) is 0 Å². The van der Waals surface area contributed by atoms with E-state index < -0.39 is 0 Å². The van der Waals surface area contributed by atoms with Gasteiger partial charge in [-0.2, -0.15) is 0 Å². The van der Waals surface area contributed by atoms with Crippen LogP contribution in [0.25, 0.3) is 10.9 Å². The number of hydrogen-bond acceptors (Lipinski definition) is 2. The van der Waals surface area contributed by atoms with Gasteiger partial charge in [-0.3, -0.25) is 9.78 Å². The smallest absolute Gasteiger partial charge is 0.224 e. The van der Waals surface area contributed by atoms with Crippen molar-refractivity contribution in [3.05, 3.63) is 34.9 Å². The minimum Gasteiger partial charge on any atom is -0.324 e. The van der Waals surface area contributed by atoms with E-state index in [0.717, 1.165) is 21.1 Å². The van der Waals surface area contributed by atoms with Crippen molar-refractivity contribution in [1.82, 2.24) is 4.98 Å². The summed E-state index contributed by atoms with van der Waals surface area (Å²) in [7, 11) is 0. The van der Waals surface area contributed by atoms with E-state index in [1.54, 1.807) is 6.20 Å². The zero-order chi connectivity index (χ0) is 11.5. The van der Waals surface area contributed by atoms with Gasteiger partial charge in [-0.1, -0.05) is 19.1 Å². The monoisotopic (exact) mass is 278 g/mol. The summed E-state index contributed by atoms with van der Waals surface area (Å²) in [6, 6.07) is 7.71. The molecule has 4 heteroatoms. The van der Waals surface area contributed by atoms with E-state index in [1.165, 1.54) is 0 Å². The van der Waals surface area contributed by atoms with Crippen molar-refractivity contribution in [1.29, 1.82) is 0 Å². The molecule has 0 saturated heterocycles. The van der Waals surface area contributed by atoms with Gasteiger partial charge in [-0.25, -0.2) is 0 Å². The Labute approximate surface area is 102 Å². The molecule has 1 amide bonds. The van der Waals surface area contributed by atoms with Crippen molar-refractivity contribution in [2.75, 3.05) is 5.32 Å². The van der Waals surface area contributed by atoms with Crippen LogP contribution in [0.4, 0.5) is 5.69 Å². The molecule has 1 heterocycles. The predicted molar refractivity (Wildman–Crippen MR) is 68.4 cm³/mol. The second-order valence-corrected chi connectivity index (χ2v) is 4.35. The zero-order valence-corrected chi connectivity index (χ0v) is 10.4. The highest BCUT2D eigenvalue weighted by atomic mass is 79.9. The molecule has 16 heavy (non-hydrogen) atoms. The SMILES string of the molecule is CCC(=O)Nc1cccc2cc(Br)cnc12. The maximum absolute atomic E-state index is 11.3. The molecule has 82 valence electrons. The van der Waals surface area contributed by atoms with E-state index >= 15 is 0 Å². The Morgan fingerprint density at radius 2 is 2.31 bits per heavy atom. The first-order valence-corrected chi connectivity index (χ1v) is 5.84. The molecular formula is C12H11BrN2O. The summed E-state index contributed by atoms with van der Waals surface area (Å²) in [4.78, 5) is 15.7. The van der Waals surface area contributed by atoms with Crippen molar-refractivity contribution in [3.8, 4) is 0 Å². The molecule has 0 fully saturated rings. The third-order valence-corrected chi connectivity index (χ3v) is 2.71. The summed E-state index contributed by atoms with van der Waals surface area (Å²) >= 11 is 3.37. The maximum atomic E-state index is 11.3. The summed E-state index contributed by atoms with van der Waals surface area (Å²) in [6.45, 7) is 1.82. The molecule has 0 saturated carbocycles. The van der Waals surface area contributed by atoms with E-state index in [0.29, 0.717) is 6.42 Å². The molecule has 0 radical (unpaired) electrons. The Hall–Kier alpha value is -1.42. The molecule has 2 aromatic rings.